The summed E-state index contributed by atoms with van der Waals surface area (Å²) in [7, 11) is 5.38. The molecular formula is C18H21BN2O2. The average molecular weight is 308 g/mol. The van der Waals surface area contributed by atoms with Gasteiger partial charge in [-0.2, -0.15) is 0 Å². The first-order valence-electron chi connectivity index (χ1n) is 7.64. The second-order valence-electron chi connectivity index (χ2n) is 7.16. The first-order chi connectivity index (χ1) is 10.7. The number of aromatic nitrogens is 2. The number of carbonyl (C=O) groups is 2. The maximum atomic E-state index is 12.1. The highest BCUT2D eigenvalue weighted by molar-refractivity contribution is 6.26. The van der Waals surface area contributed by atoms with Gasteiger partial charge in [-0.15, -0.1) is 0 Å². The first kappa shape index (κ1) is 17.2. The van der Waals surface area contributed by atoms with Gasteiger partial charge in [-0.25, -0.2) is 4.98 Å². The molecule has 0 fully saturated rings. The molecule has 0 aromatic carbocycles. The van der Waals surface area contributed by atoms with Crippen LogP contribution in [0.5, 0.6) is 0 Å². The number of Topliss-reactive ketones (excluding diaryl/α,β-unsaturated/α-hetero) is 1. The first-order valence-corrected chi connectivity index (χ1v) is 7.64. The monoisotopic (exact) mass is 308 g/mol. The van der Waals surface area contributed by atoms with E-state index in [9.17, 15) is 9.59 Å². The molecule has 0 unspecified atom stereocenters. The smallest absolute Gasteiger partial charge is 0.243 e. The fourth-order valence-electron chi connectivity index (χ4n) is 1.94. The number of hydrogen-bond acceptors (Lipinski definition) is 3. The molecule has 1 aliphatic carbocycles. The van der Waals surface area contributed by atoms with Crippen molar-refractivity contribution in [1.29, 1.82) is 0 Å². The summed E-state index contributed by atoms with van der Waals surface area (Å²) >= 11 is 0. The Morgan fingerprint density at radius 3 is 2.39 bits per heavy atom. The summed E-state index contributed by atoms with van der Waals surface area (Å²) in [6.45, 7) is 8.75. The maximum Gasteiger partial charge on any atom is 0.243 e. The molecule has 0 aliphatic heterocycles. The Morgan fingerprint density at radius 2 is 1.87 bits per heavy atom. The van der Waals surface area contributed by atoms with Gasteiger partial charge in [0.05, 0.1) is 13.8 Å². The Hall–Kier alpha value is -2.17. The third kappa shape index (κ3) is 4.41. The number of hydrogen-bond donors (Lipinski definition) is 0. The van der Waals surface area contributed by atoms with E-state index in [0.717, 1.165) is 0 Å². The van der Waals surface area contributed by atoms with Gasteiger partial charge in [0.2, 0.25) is 5.91 Å². The maximum absolute atomic E-state index is 12.1. The van der Waals surface area contributed by atoms with Gasteiger partial charge in [0.15, 0.2) is 5.78 Å². The van der Waals surface area contributed by atoms with E-state index in [-0.39, 0.29) is 23.9 Å². The predicted octanol–water partition coefficient (Wildman–Crippen LogP) is 3.68. The minimum atomic E-state index is -0.191. The number of nitrogens with zero attached hydrogens (tertiary/aromatic N) is 2. The molecule has 118 valence electrons. The van der Waals surface area contributed by atoms with Crippen molar-refractivity contribution in [3.63, 3.8) is 0 Å². The molecule has 0 saturated heterocycles. The van der Waals surface area contributed by atoms with Crippen LogP contribution < -0.4 is 0 Å². The van der Waals surface area contributed by atoms with Crippen LogP contribution in [0.3, 0.4) is 0 Å². The van der Waals surface area contributed by atoms with Gasteiger partial charge in [0.25, 0.3) is 0 Å². The van der Waals surface area contributed by atoms with E-state index in [1.54, 1.807) is 18.3 Å². The van der Waals surface area contributed by atoms with E-state index in [0.29, 0.717) is 22.0 Å². The molecule has 3 rings (SSSR count). The summed E-state index contributed by atoms with van der Waals surface area (Å²) < 4.78 is 1.43. The van der Waals surface area contributed by atoms with Crippen LogP contribution in [-0.2, 0) is 0 Å². The van der Waals surface area contributed by atoms with E-state index >= 15 is 0 Å². The van der Waals surface area contributed by atoms with Gasteiger partial charge < -0.3 is 0 Å². The van der Waals surface area contributed by atoms with E-state index in [2.05, 4.69) is 32.7 Å². The van der Waals surface area contributed by atoms with Crippen molar-refractivity contribution < 1.29 is 9.59 Å². The van der Waals surface area contributed by atoms with Gasteiger partial charge in [-0.05, 0) is 23.9 Å². The van der Waals surface area contributed by atoms with E-state index in [1.165, 1.54) is 10.8 Å². The lowest BCUT2D eigenvalue weighted by Gasteiger charge is -2.05. The largest absolute Gasteiger partial charge is 0.295 e. The van der Waals surface area contributed by atoms with Crippen LogP contribution in [0.25, 0.3) is 11.0 Å². The Kier molecular flexibility index (Phi) is 4.88. The zero-order chi connectivity index (χ0) is 17.2. The highest BCUT2D eigenvalue weighted by atomic mass is 16.2. The quantitative estimate of drug-likeness (QED) is 0.494. The standard InChI is InChI=1S/C13H9BN2O2.C5H12/c14-6-11(17)10-7-16(13(18)8-3-4-8)12-9(10)2-1-5-15-12;1-5(2,3)4/h1-5,7-8H,6H2;1-4H3. The third-order valence-electron chi connectivity index (χ3n) is 2.96. The van der Waals surface area contributed by atoms with Gasteiger partial charge in [-0.3, -0.25) is 14.2 Å². The zero-order valence-corrected chi connectivity index (χ0v) is 14.0. The van der Waals surface area contributed by atoms with Crippen molar-refractivity contribution in [3.8, 4) is 0 Å². The lowest BCUT2D eigenvalue weighted by Crippen LogP contribution is -2.12. The van der Waals surface area contributed by atoms with Crippen LogP contribution >= 0.6 is 0 Å². The molecular weight excluding hydrogens is 287 g/mol. The molecule has 2 radical (unpaired) electrons. The summed E-state index contributed by atoms with van der Waals surface area (Å²) in [6, 6.07) is 3.51. The van der Waals surface area contributed by atoms with Gasteiger partial charge >= 0.3 is 0 Å². The van der Waals surface area contributed by atoms with Crippen LogP contribution in [-0.4, -0.2) is 29.1 Å². The van der Waals surface area contributed by atoms with Crippen LogP contribution in [0.2, 0.25) is 6.32 Å². The molecule has 2 aromatic heterocycles. The van der Waals surface area contributed by atoms with Crippen LogP contribution in [0, 0.1) is 11.3 Å². The van der Waals surface area contributed by atoms with E-state index in [1.807, 2.05) is 12.2 Å². The summed E-state index contributed by atoms with van der Waals surface area (Å²) in [6.07, 6.45) is 6.67. The number of allylic oxidation sites excluding steroid dienone is 2. The second-order valence-corrected chi connectivity index (χ2v) is 7.16. The summed E-state index contributed by atoms with van der Waals surface area (Å²) in [4.78, 5) is 28.0. The molecule has 2 aromatic rings. The number of rotatable bonds is 3. The Balaban J connectivity index is 0.000000338. The topological polar surface area (TPSA) is 52.0 Å². The Morgan fingerprint density at radius 1 is 1.26 bits per heavy atom. The molecule has 23 heavy (non-hydrogen) atoms. The van der Waals surface area contributed by atoms with Gasteiger partial charge in [0.1, 0.15) is 5.65 Å². The van der Waals surface area contributed by atoms with Gasteiger partial charge in [-0.1, -0.05) is 39.8 Å². The highest BCUT2D eigenvalue weighted by Gasteiger charge is 2.26. The molecule has 0 atom stereocenters. The third-order valence-corrected chi connectivity index (χ3v) is 2.96. The van der Waals surface area contributed by atoms with Gasteiger partial charge in [0, 0.05) is 23.3 Å². The minimum Gasteiger partial charge on any atom is -0.295 e. The molecule has 2 heterocycles. The van der Waals surface area contributed by atoms with Crippen LogP contribution in [0.1, 0.15) is 42.8 Å². The number of pyridine rings is 1. The molecule has 0 amide bonds. The van der Waals surface area contributed by atoms with Crippen molar-refractivity contribution in [2.45, 2.75) is 34.0 Å². The molecule has 5 heteroatoms. The summed E-state index contributed by atoms with van der Waals surface area (Å²) in [5.41, 5.74) is 1.46. The Bertz CT molecular complexity index is 757. The molecule has 1 aliphatic rings. The molecule has 0 saturated carbocycles. The fourth-order valence-corrected chi connectivity index (χ4v) is 1.94. The van der Waals surface area contributed by atoms with E-state index in [4.69, 9.17) is 7.85 Å². The molecule has 0 spiro atoms. The van der Waals surface area contributed by atoms with Crippen molar-refractivity contribution in [1.82, 2.24) is 9.55 Å². The van der Waals surface area contributed by atoms with E-state index < -0.39 is 0 Å². The van der Waals surface area contributed by atoms with Crippen molar-refractivity contribution >= 4 is 30.6 Å². The summed E-state index contributed by atoms with van der Waals surface area (Å²) in [5, 5.41) is 0.668. The van der Waals surface area contributed by atoms with Crippen molar-refractivity contribution in [2.24, 2.45) is 11.3 Å². The summed E-state index contributed by atoms with van der Waals surface area (Å²) in [5.74, 6) is -0.443. The zero-order valence-electron chi connectivity index (χ0n) is 14.0. The second kappa shape index (κ2) is 6.53. The normalized spacial score (nSPS) is 13.6. The lowest BCUT2D eigenvalue weighted by molar-refractivity contribution is 0.0901. The highest BCUT2D eigenvalue weighted by Crippen LogP contribution is 2.25. The van der Waals surface area contributed by atoms with Crippen LogP contribution in [0.4, 0.5) is 0 Å². The molecule has 0 bridgehead atoms. The number of fused-ring (bicyclic) bond motifs is 1. The molecule has 4 nitrogen and oxygen atoms in total. The lowest BCUT2D eigenvalue weighted by atomic mass is 9.96. The SMILES string of the molecule is CC(C)(C)C.[B]CC(=O)c1cn(C(=O)C2C=C2)c2ncccc12. The van der Waals surface area contributed by atoms with Crippen molar-refractivity contribution in [2.75, 3.05) is 0 Å². The average Bonchev–Trinajstić information content (AvgIpc) is 3.25. The fraction of sp³-hybridized carbons (Fsp3) is 0.389. The minimum absolute atomic E-state index is 0.0795. The van der Waals surface area contributed by atoms with Crippen LogP contribution in [0.15, 0.2) is 36.7 Å². The Labute approximate surface area is 138 Å². The number of carbonyl (C=O) groups excluding carboxylic acids is 2. The number of ketones is 1. The van der Waals surface area contributed by atoms with Crippen molar-refractivity contribution in [3.05, 3.63) is 42.2 Å². The predicted molar refractivity (Wildman–Crippen MR) is 93.0 cm³/mol. The molecule has 0 N–H and O–H groups in total.